The number of carbonyl (C=O) groups excluding carboxylic acids is 1. The van der Waals surface area contributed by atoms with E-state index >= 15 is 0 Å². The summed E-state index contributed by atoms with van der Waals surface area (Å²) in [5.41, 5.74) is 6.65. The van der Waals surface area contributed by atoms with Crippen molar-refractivity contribution in [2.45, 2.75) is 6.42 Å². The minimum absolute atomic E-state index is 0.122. The van der Waals surface area contributed by atoms with Crippen LogP contribution in [0.25, 0.3) is 10.9 Å². The number of benzene rings is 1. The molecule has 3 rings (SSSR count). The molecule has 21 heavy (non-hydrogen) atoms. The fraction of sp³-hybridized carbons (Fsp3) is 0.0769. The summed E-state index contributed by atoms with van der Waals surface area (Å²) in [7, 11) is 0. The summed E-state index contributed by atoms with van der Waals surface area (Å²) >= 11 is 2.24. The molecule has 0 radical (unpaired) electrons. The molecule has 0 fully saturated rings. The van der Waals surface area contributed by atoms with E-state index < -0.39 is 5.91 Å². The smallest absolute Gasteiger partial charge is 0.223 e. The number of H-pyrrole nitrogens is 1. The average molecular weight is 394 g/mol. The lowest BCUT2D eigenvalue weighted by Crippen LogP contribution is -2.13. The summed E-state index contributed by atoms with van der Waals surface area (Å²) in [6.07, 6.45) is 1.62. The number of hydrogen-bond donors (Lipinski definition) is 3. The molecule has 0 atom stereocenters. The molecular formula is C13H11IN6O. The van der Waals surface area contributed by atoms with Gasteiger partial charge in [0, 0.05) is 20.7 Å². The van der Waals surface area contributed by atoms with Gasteiger partial charge in [-0.25, -0.2) is 9.97 Å². The molecule has 106 valence electrons. The molecule has 2 aromatic heterocycles. The molecule has 3 aromatic rings. The van der Waals surface area contributed by atoms with Crippen LogP contribution >= 0.6 is 22.6 Å². The topological polar surface area (TPSA) is 110 Å². The monoisotopic (exact) mass is 394 g/mol. The second kappa shape index (κ2) is 5.64. The molecule has 0 unspecified atom stereocenters. The summed E-state index contributed by atoms with van der Waals surface area (Å²) in [5.74, 6) is 0.825. The van der Waals surface area contributed by atoms with E-state index in [-0.39, 0.29) is 6.42 Å². The Morgan fingerprint density at radius 1 is 1.33 bits per heavy atom. The van der Waals surface area contributed by atoms with E-state index in [2.05, 4.69) is 48.1 Å². The summed E-state index contributed by atoms with van der Waals surface area (Å²) < 4.78 is 1.10. The van der Waals surface area contributed by atoms with Crippen LogP contribution in [0.1, 0.15) is 5.69 Å². The van der Waals surface area contributed by atoms with E-state index in [1.807, 2.05) is 18.2 Å². The van der Waals surface area contributed by atoms with Gasteiger partial charge in [0.05, 0.1) is 11.9 Å². The number of nitrogens with one attached hydrogen (secondary N) is 2. The summed E-state index contributed by atoms with van der Waals surface area (Å²) in [5, 5.41) is 10.9. The summed E-state index contributed by atoms with van der Waals surface area (Å²) in [6, 6.07) is 7.65. The van der Waals surface area contributed by atoms with Crippen molar-refractivity contribution >= 4 is 51.0 Å². The molecule has 0 aliphatic rings. The summed E-state index contributed by atoms with van der Waals surface area (Å²) in [4.78, 5) is 19.4. The standard InChI is InChI=1S/C13H11IN6O/c14-7-1-2-9-10(3-7)16-6-17-13(9)18-12-5-8(19-20-12)4-11(15)21/h1-3,5-6H,4H2,(H2,15,21)(H2,16,17,18,19,20). The highest BCUT2D eigenvalue weighted by Gasteiger charge is 2.08. The van der Waals surface area contributed by atoms with Gasteiger partial charge >= 0.3 is 0 Å². The third-order valence-electron chi connectivity index (χ3n) is 2.84. The Morgan fingerprint density at radius 3 is 3.00 bits per heavy atom. The van der Waals surface area contributed by atoms with Crippen molar-refractivity contribution in [2.24, 2.45) is 5.73 Å². The van der Waals surface area contributed by atoms with Crippen molar-refractivity contribution in [2.75, 3.05) is 5.32 Å². The number of aromatic amines is 1. The quantitative estimate of drug-likeness (QED) is 0.584. The molecule has 7 nitrogen and oxygen atoms in total. The van der Waals surface area contributed by atoms with Crippen LogP contribution < -0.4 is 11.1 Å². The number of aromatic nitrogens is 4. The number of primary amides is 1. The van der Waals surface area contributed by atoms with E-state index in [0.29, 0.717) is 17.3 Å². The van der Waals surface area contributed by atoms with E-state index in [4.69, 9.17) is 5.73 Å². The van der Waals surface area contributed by atoms with Crippen LogP contribution in [0, 0.1) is 3.57 Å². The predicted molar refractivity (Wildman–Crippen MR) is 87.0 cm³/mol. The predicted octanol–water partition coefficient (Wildman–Crippen LogP) is 1.73. The van der Waals surface area contributed by atoms with Crippen LogP contribution in [0.15, 0.2) is 30.6 Å². The first-order valence-corrected chi connectivity index (χ1v) is 7.19. The van der Waals surface area contributed by atoms with Gasteiger partial charge in [-0.2, -0.15) is 5.10 Å². The zero-order valence-electron chi connectivity index (χ0n) is 10.8. The van der Waals surface area contributed by atoms with Gasteiger partial charge in [-0.15, -0.1) is 0 Å². The van der Waals surface area contributed by atoms with E-state index in [1.54, 1.807) is 6.07 Å². The zero-order valence-corrected chi connectivity index (χ0v) is 13.0. The summed E-state index contributed by atoms with van der Waals surface area (Å²) in [6.45, 7) is 0. The number of fused-ring (bicyclic) bond motifs is 1. The molecule has 1 aromatic carbocycles. The zero-order chi connectivity index (χ0) is 14.8. The van der Waals surface area contributed by atoms with Crippen molar-refractivity contribution in [1.29, 1.82) is 0 Å². The Labute approximate surface area is 133 Å². The Hall–Kier alpha value is -2.23. The number of rotatable bonds is 4. The largest absolute Gasteiger partial charge is 0.369 e. The molecule has 0 aliphatic heterocycles. The lowest BCUT2D eigenvalue weighted by atomic mass is 10.2. The molecule has 4 N–H and O–H groups in total. The van der Waals surface area contributed by atoms with Gasteiger partial charge in [-0.1, -0.05) is 0 Å². The third kappa shape index (κ3) is 3.10. The molecule has 0 spiro atoms. The first-order chi connectivity index (χ1) is 10.1. The second-order valence-electron chi connectivity index (χ2n) is 4.43. The molecule has 0 saturated heterocycles. The Bertz CT molecular complexity index is 815. The lowest BCUT2D eigenvalue weighted by molar-refractivity contribution is -0.117. The maximum Gasteiger partial charge on any atom is 0.223 e. The van der Waals surface area contributed by atoms with Crippen molar-refractivity contribution in [3.05, 3.63) is 39.9 Å². The van der Waals surface area contributed by atoms with Crippen molar-refractivity contribution in [3.63, 3.8) is 0 Å². The van der Waals surface area contributed by atoms with Gasteiger partial charge < -0.3 is 11.1 Å². The van der Waals surface area contributed by atoms with Gasteiger partial charge in [0.25, 0.3) is 0 Å². The van der Waals surface area contributed by atoms with Gasteiger partial charge in [0.1, 0.15) is 12.1 Å². The second-order valence-corrected chi connectivity index (χ2v) is 5.68. The van der Waals surface area contributed by atoms with Gasteiger partial charge in [-0.05, 0) is 40.8 Å². The van der Waals surface area contributed by atoms with Crippen molar-refractivity contribution in [1.82, 2.24) is 20.2 Å². The highest BCUT2D eigenvalue weighted by molar-refractivity contribution is 14.1. The number of nitrogens with two attached hydrogens (primary N) is 1. The van der Waals surface area contributed by atoms with Crippen LogP contribution in [-0.4, -0.2) is 26.1 Å². The lowest BCUT2D eigenvalue weighted by Gasteiger charge is -2.05. The van der Waals surface area contributed by atoms with Crippen LogP contribution in [0.2, 0.25) is 0 Å². The molecule has 2 heterocycles. The first-order valence-electron chi connectivity index (χ1n) is 6.12. The highest BCUT2D eigenvalue weighted by Crippen LogP contribution is 2.23. The normalized spacial score (nSPS) is 10.7. The van der Waals surface area contributed by atoms with Crippen molar-refractivity contribution in [3.8, 4) is 0 Å². The number of amides is 1. The fourth-order valence-electron chi connectivity index (χ4n) is 1.96. The maximum absolute atomic E-state index is 10.9. The average Bonchev–Trinajstić information content (AvgIpc) is 2.85. The first kappa shape index (κ1) is 13.7. The number of carbonyl (C=O) groups is 1. The van der Waals surface area contributed by atoms with Crippen molar-refractivity contribution < 1.29 is 4.79 Å². The minimum Gasteiger partial charge on any atom is -0.369 e. The molecule has 0 saturated carbocycles. The SMILES string of the molecule is NC(=O)Cc1cc(Nc2ncnc3cc(I)ccc23)n[nH]1. The molecular weight excluding hydrogens is 383 g/mol. The Balaban J connectivity index is 1.91. The third-order valence-corrected chi connectivity index (χ3v) is 3.51. The highest BCUT2D eigenvalue weighted by atomic mass is 127. The number of hydrogen-bond acceptors (Lipinski definition) is 5. The van der Waals surface area contributed by atoms with E-state index in [9.17, 15) is 4.79 Å². The van der Waals surface area contributed by atoms with Crippen LogP contribution in [0.3, 0.4) is 0 Å². The van der Waals surface area contributed by atoms with E-state index in [0.717, 1.165) is 14.5 Å². The maximum atomic E-state index is 10.9. The van der Waals surface area contributed by atoms with Gasteiger partial charge in [0.15, 0.2) is 5.82 Å². The number of anilines is 2. The Morgan fingerprint density at radius 2 is 2.19 bits per heavy atom. The molecule has 8 heteroatoms. The van der Waals surface area contributed by atoms with Crippen LogP contribution in [0.5, 0.6) is 0 Å². The molecule has 0 bridgehead atoms. The number of nitrogens with zero attached hydrogens (tertiary/aromatic N) is 3. The number of halogens is 1. The molecule has 0 aliphatic carbocycles. The van der Waals surface area contributed by atoms with Gasteiger partial charge in [-0.3, -0.25) is 9.89 Å². The fourth-order valence-corrected chi connectivity index (χ4v) is 2.43. The Kier molecular flexibility index (Phi) is 3.69. The van der Waals surface area contributed by atoms with E-state index in [1.165, 1.54) is 6.33 Å². The van der Waals surface area contributed by atoms with Crippen LogP contribution in [-0.2, 0) is 11.2 Å². The van der Waals surface area contributed by atoms with Crippen LogP contribution in [0.4, 0.5) is 11.6 Å². The van der Waals surface area contributed by atoms with Gasteiger partial charge in [0.2, 0.25) is 5.91 Å². The molecule has 1 amide bonds. The minimum atomic E-state index is -0.410.